The Labute approximate surface area is 107 Å². The van der Waals surface area contributed by atoms with Gasteiger partial charge in [-0.25, -0.2) is 0 Å². The van der Waals surface area contributed by atoms with Crippen molar-refractivity contribution in [3.8, 4) is 5.75 Å². The summed E-state index contributed by atoms with van der Waals surface area (Å²) in [5.74, 6) is 0.834. The first-order chi connectivity index (χ1) is 8.69. The third kappa shape index (κ3) is 3.23. The van der Waals surface area contributed by atoms with Crippen LogP contribution < -0.4 is 4.74 Å². The van der Waals surface area contributed by atoms with Crippen LogP contribution in [0.4, 0.5) is 0 Å². The molecule has 0 saturated carbocycles. The van der Waals surface area contributed by atoms with E-state index < -0.39 is 0 Å². The molecular formula is C14H19NO3. The highest BCUT2D eigenvalue weighted by atomic mass is 16.5. The number of nitrogens with zero attached hydrogens (tertiary/aromatic N) is 1. The van der Waals surface area contributed by atoms with E-state index in [-0.39, 0.29) is 12.0 Å². The lowest BCUT2D eigenvalue weighted by Crippen LogP contribution is -2.42. The summed E-state index contributed by atoms with van der Waals surface area (Å²) >= 11 is 0. The number of likely N-dealkylation sites (tertiary alicyclic amines) is 1. The molecule has 4 nitrogen and oxygen atoms in total. The van der Waals surface area contributed by atoms with Gasteiger partial charge in [-0.05, 0) is 30.5 Å². The smallest absolute Gasteiger partial charge is 0.227 e. The lowest BCUT2D eigenvalue weighted by molar-refractivity contribution is -0.133. The standard InChI is InChI=1S/C14H19NO3/c1-18-13-6-2-4-11(8-13)9-14(17)15-7-3-5-12(16)10-15/h2,4,6,8,12,16H,3,5,7,9-10H2,1H3/t12-/m0/s1. The molecule has 0 radical (unpaired) electrons. The molecule has 1 aromatic carbocycles. The number of carbonyl (C=O) groups excluding carboxylic acids is 1. The molecule has 1 aliphatic heterocycles. The maximum Gasteiger partial charge on any atom is 0.227 e. The molecule has 0 spiro atoms. The van der Waals surface area contributed by atoms with Crippen LogP contribution in [-0.4, -0.2) is 42.2 Å². The third-order valence-corrected chi connectivity index (χ3v) is 3.24. The lowest BCUT2D eigenvalue weighted by Gasteiger charge is -2.30. The van der Waals surface area contributed by atoms with Crippen LogP contribution >= 0.6 is 0 Å². The average Bonchev–Trinajstić information content (AvgIpc) is 2.39. The quantitative estimate of drug-likeness (QED) is 0.876. The fraction of sp³-hybridized carbons (Fsp3) is 0.500. The van der Waals surface area contributed by atoms with Crippen LogP contribution in [0.15, 0.2) is 24.3 Å². The van der Waals surface area contributed by atoms with Gasteiger partial charge >= 0.3 is 0 Å². The Balaban J connectivity index is 1.97. The van der Waals surface area contributed by atoms with Crippen LogP contribution in [0.1, 0.15) is 18.4 Å². The van der Waals surface area contributed by atoms with Gasteiger partial charge in [-0.1, -0.05) is 12.1 Å². The summed E-state index contributed by atoms with van der Waals surface area (Å²) in [6, 6.07) is 7.53. The Morgan fingerprint density at radius 3 is 3.11 bits per heavy atom. The highest BCUT2D eigenvalue weighted by molar-refractivity contribution is 5.79. The molecule has 1 heterocycles. The van der Waals surface area contributed by atoms with Crippen molar-refractivity contribution >= 4 is 5.91 Å². The summed E-state index contributed by atoms with van der Waals surface area (Å²) in [5.41, 5.74) is 0.944. The molecule has 98 valence electrons. The van der Waals surface area contributed by atoms with Crippen molar-refractivity contribution < 1.29 is 14.6 Å². The van der Waals surface area contributed by atoms with Crippen molar-refractivity contribution in [2.45, 2.75) is 25.4 Å². The number of hydrogen-bond acceptors (Lipinski definition) is 3. The molecule has 1 fully saturated rings. The highest BCUT2D eigenvalue weighted by Gasteiger charge is 2.21. The molecule has 0 aromatic heterocycles. The summed E-state index contributed by atoms with van der Waals surface area (Å²) < 4.78 is 5.13. The van der Waals surface area contributed by atoms with Crippen molar-refractivity contribution in [1.29, 1.82) is 0 Å². The number of methoxy groups -OCH3 is 1. The van der Waals surface area contributed by atoms with Gasteiger partial charge in [0.15, 0.2) is 0 Å². The number of rotatable bonds is 3. The number of ether oxygens (including phenoxy) is 1. The number of hydrogen-bond donors (Lipinski definition) is 1. The minimum absolute atomic E-state index is 0.0713. The van der Waals surface area contributed by atoms with Crippen molar-refractivity contribution in [1.82, 2.24) is 4.90 Å². The Bertz CT molecular complexity index is 419. The predicted molar refractivity (Wildman–Crippen MR) is 68.5 cm³/mol. The van der Waals surface area contributed by atoms with Crippen LogP contribution in [0, 0.1) is 0 Å². The minimum Gasteiger partial charge on any atom is -0.497 e. The van der Waals surface area contributed by atoms with Gasteiger partial charge < -0.3 is 14.7 Å². The molecule has 1 amide bonds. The van der Waals surface area contributed by atoms with Crippen molar-refractivity contribution in [2.24, 2.45) is 0 Å². The van der Waals surface area contributed by atoms with Crippen LogP contribution in [0.25, 0.3) is 0 Å². The monoisotopic (exact) mass is 249 g/mol. The van der Waals surface area contributed by atoms with Gasteiger partial charge in [0, 0.05) is 13.1 Å². The molecule has 1 atom stereocenters. The first-order valence-electron chi connectivity index (χ1n) is 6.28. The average molecular weight is 249 g/mol. The molecule has 1 saturated heterocycles. The Kier molecular flexibility index (Phi) is 4.20. The predicted octanol–water partition coefficient (Wildman–Crippen LogP) is 1.22. The number of carbonyl (C=O) groups is 1. The van der Waals surface area contributed by atoms with Crippen molar-refractivity contribution in [2.75, 3.05) is 20.2 Å². The maximum absolute atomic E-state index is 12.1. The number of benzene rings is 1. The number of piperidine rings is 1. The zero-order valence-electron chi connectivity index (χ0n) is 10.6. The van der Waals surface area contributed by atoms with Gasteiger partial charge in [-0.2, -0.15) is 0 Å². The summed E-state index contributed by atoms with van der Waals surface area (Å²) in [4.78, 5) is 13.8. The van der Waals surface area contributed by atoms with Gasteiger partial charge in [0.2, 0.25) is 5.91 Å². The van der Waals surface area contributed by atoms with Crippen molar-refractivity contribution in [3.63, 3.8) is 0 Å². The van der Waals surface area contributed by atoms with E-state index in [1.807, 2.05) is 24.3 Å². The van der Waals surface area contributed by atoms with Gasteiger partial charge in [0.05, 0.1) is 19.6 Å². The molecule has 0 aliphatic carbocycles. The molecule has 0 unspecified atom stereocenters. The van der Waals surface area contributed by atoms with Crippen molar-refractivity contribution in [3.05, 3.63) is 29.8 Å². The van der Waals surface area contributed by atoms with Gasteiger partial charge in [0.25, 0.3) is 0 Å². The summed E-state index contributed by atoms with van der Waals surface area (Å²) in [6.07, 6.45) is 1.67. The maximum atomic E-state index is 12.1. The molecule has 18 heavy (non-hydrogen) atoms. The first-order valence-corrected chi connectivity index (χ1v) is 6.28. The fourth-order valence-corrected chi connectivity index (χ4v) is 2.25. The van der Waals surface area contributed by atoms with E-state index >= 15 is 0 Å². The molecule has 0 bridgehead atoms. The molecular weight excluding hydrogens is 230 g/mol. The van der Waals surface area contributed by atoms with Crippen LogP contribution in [0.2, 0.25) is 0 Å². The van der Waals surface area contributed by atoms with E-state index in [9.17, 15) is 9.90 Å². The number of aliphatic hydroxyl groups excluding tert-OH is 1. The zero-order chi connectivity index (χ0) is 13.0. The summed E-state index contributed by atoms with van der Waals surface area (Å²) in [5, 5.41) is 9.56. The Hall–Kier alpha value is -1.55. The lowest BCUT2D eigenvalue weighted by atomic mass is 10.1. The van der Waals surface area contributed by atoms with E-state index in [1.54, 1.807) is 12.0 Å². The first kappa shape index (κ1) is 12.9. The zero-order valence-corrected chi connectivity index (χ0v) is 10.6. The van der Waals surface area contributed by atoms with Gasteiger partial charge in [-0.15, -0.1) is 0 Å². The number of β-amino-alcohol motifs (C(OH)–C–C–N with tert-alkyl or cyclic N) is 1. The largest absolute Gasteiger partial charge is 0.497 e. The van der Waals surface area contributed by atoms with Crippen LogP contribution in [0.3, 0.4) is 0 Å². The Morgan fingerprint density at radius 1 is 1.56 bits per heavy atom. The molecule has 4 heteroatoms. The molecule has 1 N–H and O–H groups in total. The fourth-order valence-electron chi connectivity index (χ4n) is 2.25. The van der Waals surface area contributed by atoms with E-state index in [1.165, 1.54) is 0 Å². The normalized spacial score (nSPS) is 19.7. The van der Waals surface area contributed by atoms with E-state index in [0.29, 0.717) is 13.0 Å². The van der Waals surface area contributed by atoms with Crippen LogP contribution in [-0.2, 0) is 11.2 Å². The molecule has 1 aliphatic rings. The minimum atomic E-state index is -0.368. The van der Waals surface area contributed by atoms with Crippen LogP contribution in [0.5, 0.6) is 5.75 Å². The Morgan fingerprint density at radius 2 is 2.39 bits per heavy atom. The number of amides is 1. The summed E-state index contributed by atoms with van der Waals surface area (Å²) in [7, 11) is 1.61. The van der Waals surface area contributed by atoms with Gasteiger partial charge in [0.1, 0.15) is 5.75 Å². The number of aliphatic hydroxyl groups is 1. The highest BCUT2D eigenvalue weighted by Crippen LogP contribution is 2.15. The molecule has 2 rings (SSSR count). The van der Waals surface area contributed by atoms with Gasteiger partial charge in [-0.3, -0.25) is 4.79 Å². The topological polar surface area (TPSA) is 49.8 Å². The second-order valence-corrected chi connectivity index (χ2v) is 4.66. The van der Waals surface area contributed by atoms with E-state index in [4.69, 9.17) is 4.74 Å². The molecule has 1 aromatic rings. The van der Waals surface area contributed by atoms with E-state index in [0.717, 1.165) is 30.7 Å². The summed E-state index contributed by atoms with van der Waals surface area (Å²) in [6.45, 7) is 1.21. The second-order valence-electron chi connectivity index (χ2n) is 4.66. The van der Waals surface area contributed by atoms with E-state index in [2.05, 4.69) is 0 Å². The SMILES string of the molecule is COc1cccc(CC(=O)N2CCC[C@H](O)C2)c1. The third-order valence-electron chi connectivity index (χ3n) is 3.24. The second kappa shape index (κ2) is 5.87.